The first-order valence-electron chi connectivity index (χ1n) is 6.05. The summed E-state index contributed by atoms with van der Waals surface area (Å²) >= 11 is 0. The molecule has 20 heavy (non-hydrogen) atoms. The number of anilines is 2. The Morgan fingerprint density at radius 2 is 2.00 bits per heavy atom. The van der Waals surface area contributed by atoms with E-state index < -0.39 is 9.84 Å². The van der Waals surface area contributed by atoms with Crippen molar-refractivity contribution in [3.63, 3.8) is 0 Å². The number of aromatic nitrogens is 4. The first kappa shape index (κ1) is 14.3. The predicted octanol–water partition coefficient (Wildman–Crippen LogP) is 0.470. The molecule has 0 fully saturated rings. The number of sulfone groups is 1. The van der Waals surface area contributed by atoms with Gasteiger partial charge in [0.15, 0.2) is 26.4 Å². The second-order valence-corrected chi connectivity index (χ2v) is 6.18. The molecule has 0 aromatic carbocycles. The van der Waals surface area contributed by atoms with Crippen molar-refractivity contribution in [2.24, 2.45) is 0 Å². The zero-order valence-electron chi connectivity index (χ0n) is 11.2. The molecular weight excluding hydrogens is 280 g/mol. The molecule has 0 atom stereocenters. The molecule has 0 saturated carbocycles. The van der Waals surface area contributed by atoms with Crippen LogP contribution in [0.4, 0.5) is 11.6 Å². The van der Waals surface area contributed by atoms with Crippen LogP contribution >= 0.6 is 0 Å². The first-order chi connectivity index (χ1) is 9.45. The van der Waals surface area contributed by atoms with Crippen molar-refractivity contribution in [2.75, 3.05) is 23.9 Å². The van der Waals surface area contributed by atoms with Gasteiger partial charge in [0.1, 0.15) is 0 Å². The minimum atomic E-state index is -3.51. The molecule has 0 unspecified atom stereocenters. The third kappa shape index (κ3) is 2.72. The SMILES string of the molecule is CCCNc1nn(-c2ncccn2)c(N)c1S(C)(=O)=O. The number of nitrogen functional groups attached to an aromatic ring is 1. The predicted molar refractivity (Wildman–Crippen MR) is 75.5 cm³/mol. The van der Waals surface area contributed by atoms with Crippen molar-refractivity contribution in [1.29, 1.82) is 0 Å². The van der Waals surface area contributed by atoms with Crippen LogP contribution in [-0.2, 0) is 9.84 Å². The van der Waals surface area contributed by atoms with Crippen molar-refractivity contribution in [1.82, 2.24) is 19.7 Å². The molecule has 0 saturated heterocycles. The van der Waals surface area contributed by atoms with Crippen LogP contribution in [0.2, 0.25) is 0 Å². The van der Waals surface area contributed by atoms with Crippen LogP contribution in [0, 0.1) is 0 Å². The Hall–Kier alpha value is -2.16. The van der Waals surface area contributed by atoms with Gasteiger partial charge in [0.2, 0.25) is 0 Å². The molecule has 9 heteroatoms. The fourth-order valence-electron chi connectivity index (χ4n) is 1.69. The summed E-state index contributed by atoms with van der Waals surface area (Å²) in [4.78, 5) is 8.00. The molecule has 0 radical (unpaired) electrons. The smallest absolute Gasteiger partial charge is 0.252 e. The van der Waals surface area contributed by atoms with Gasteiger partial charge in [-0.25, -0.2) is 18.4 Å². The summed E-state index contributed by atoms with van der Waals surface area (Å²) in [5, 5.41) is 7.11. The molecule has 0 aliphatic heterocycles. The van der Waals surface area contributed by atoms with E-state index >= 15 is 0 Å². The number of hydrogen-bond acceptors (Lipinski definition) is 7. The minimum Gasteiger partial charge on any atom is -0.382 e. The Bertz CT molecular complexity index is 695. The van der Waals surface area contributed by atoms with Gasteiger partial charge in [0.05, 0.1) is 0 Å². The van der Waals surface area contributed by atoms with Crippen molar-refractivity contribution >= 4 is 21.5 Å². The summed E-state index contributed by atoms with van der Waals surface area (Å²) in [5.41, 5.74) is 5.90. The maximum absolute atomic E-state index is 11.9. The van der Waals surface area contributed by atoms with Crippen molar-refractivity contribution < 1.29 is 8.42 Å². The fourth-order valence-corrected chi connectivity index (χ4v) is 2.63. The number of rotatable bonds is 5. The van der Waals surface area contributed by atoms with E-state index in [2.05, 4.69) is 20.4 Å². The average molecular weight is 296 g/mol. The Morgan fingerprint density at radius 3 is 2.55 bits per heavy atom. The van der Waals surface area contributed by atoms with Crippen LogP contribution in [0.5, 0.6) is 0 Å². The third-order valence-electron chi connectivity index (χ3n) is 2.53. The number of nitrogens with zero attached hydrogens (tertiary/aromatic N) is 4. The molecule has 0 bridgehead atoms. The molecule has 2 aromatic heterocycles. The average Bonchev–Trinajstić information content (AvgIpc) is 2.74. The van der Waals surface area contributed by atoms with Crippen LogP contribution in [0.1, 0.15) is 13.3 Å². The second kappa shape index (κ2) is 5.45. The van der Waals surface area contributed by atoms with Gasteiger partial charge in [-0.1, -0.05) is 6.92 Å². The number of hydrogen-bond donors (Lipinski definition) is 2. The summed E-state index contributed by atoms with van der Waals surface area (Å²) in [6.07, 6.45) is 4.98. The largest absolute Gasteiger partial charge is 0.382 e. The highest BCUT2D eigenvalue weighted by molar-refractivity contribution is 7.91. The van der Waals surface area contributed by atoms with Crippen LogP contribution in [-0.4, -0.2) is 41.0 Å². The Kier molecular flexibility index (Phi) is 3.89. The van der Waals surface area contributed by atoms with E-state index in [0.29, 0.717) is 6.54 Å². The molecule has 8 nitrogen and oxygen atoms in total. The van der Waals surface area contributed by atoms with Crippen LogP contribution in [0.25, 0.3) is 5.95 Å². The highest BCUT2D eigenvalue weighted by atomic mass is 32.2. The van der Waals surface area contributed by atoms with Gasteiger partial charge < -0.3 is 11.1 Å². The van der Waals surface area contributed by atoms with Gasteiger partial charge >= 0.3 is 0 Å². The van der Waals surface area contributed by atoms with Gasteiger partial charge in [-0.2, -0.15) is 4.68 Å². The van der Waals surface area contributed by atoms with Crippen molar-refractivity contribution in [2.45, 2.75) is 18.2 Å². The van der Waals surface area contributed by atoms with E-state index in [4.69, 9.17) is 5.73 Å². The highest BCUT2D eigenvalue weighted by Crippen LogP contribution is 2.28. The normalized spacial score (nSPS) is 11.5. The van der Waals surface area contributed by atoms with Crippen molar-refractivity contribution in [3.05, 3.63) is 18.5 Å². The quantitative estimate of drug-likeness (QED) is 0.823. The van der Waals surface area contributed by atoms with Gasteiger partial charge in [-0.15, -0.1) is 5.10 Å². The standard InChI is InChI=1S/C11H16N6O2S/c1-3-5-13-10-8(20(2,18)19)9(12)17(16-10)11-14-6-4-7-15-11/h4,6-7H,3,5,12H2,1-2H3,(H,13,16). The lowest BCUT2D eigenvalue weighted by Crippen LogP contribution is -2.08. The molecule has 0 spiro atoms. The van der Waals surface area contributed by atoms with E-state index in [0.717, 1.165) is 12.7 Å². The Labute approximate surface area is 117 Å². The van der Waals surface area contributed by atoms with E-state index in [9.17, 15) is 8.42 Å². The molecule has 2 aromatic rings. The lowest BCUT2D eigenvalue weighted by atomic mass is 10.4. The second-order valence-electron chi connectivity index (χ2n) is 4.22. The monoisotopic (exact) mass is 296 g/mol. The molecular formula is C11H16N6O2S. The highest BCUT2D eigenvalue weighted by Gasteiger charge is 2.25. The maximum Gasteiger partial charge on any atom is 0.252 e. The summed E-state index contributed by atoms with van der Waals surface area (Å²) < 4.78 is 25.0. The molecule has 108 valence electrons. The Morgan fingerprint density at radius 1 is 1.35 bits per heavy atom. The van der Waals surface area contributed by atoms with E-state index in [1.165, 1.54) is 17.1 Å². The topological polar surface area (TPSA) is 116 Å². The molecule has 2 heterocycles. The van der Waals surface area contributed by atoms with Gasteiger partial charge in [-0.3, -0.25) is 0 Å². The van der Waals surface area contributed by atoms with Crippen molar-refractivity contribution in [3.8, 4) is 5.95 Å². The molecule has 0 aliphatic rings. The lowest BCUT2D eigenvalue weighted by Gasteiger charge is -2.02. The van der Waals surface area contributed by atoms with Crippen LogP contribution in [0.3, 0.4) is 0 Å². The van der Waals surface area contributed by atoms with E-state index in [-0.39, 0.29) is 22.5 Å². The molecule has 3 N–H and O–H groups in total. The number of nitrogens with two attached hydrogens (primary N) is 1. The van der Waals surface area contributed by atoms with Gasteiger partial charge in [0, 0.05) is 25.2 Å². The first-order valence-corrected chi connectivity index (χ1v) is 7.94. The third-order valence-corrected chi connectivity index (χ3v) is 3.67. The number of nitrogens with one attached hydrogen (secondary N) is 1. The summed E-state index contributed by atoms with van der Waals surface area (Å²) in [7, 11) is -3.51. The minimum absolute atomic E-state index is 0.00250. The van der Waals surface area contributed by atoms with Gasteiger partial charge in [0.25, 0.3) is 5.95 Å². The summed E-state index contributed by atoms with van der Waals surface area (Å²) in [6, 6.07) is 1.65. The zero-order valence-corrected chi connectivity index (χ0v) is 12.1. The zero-order chi connectivity index (χ0) is 14.8. The molecule has 0 amide bonds. The molecule has 0 aliphatic carbocycles. The van der Waals surface area contributed by atoms with E-state index in [1.807, 2.05) is 6.92 Å². The lowest BCUT2D eigenvalue weighted by molar-refractivity contribution is 0.602. The van der Waals surface area contributed by atoms with Crippen LogP contribution < -0.4 is 11.1 Å². The Balaban J connectivity index is 2.59. The summed E-state index contributed by atoms with van der Waals surface area (Å²) in [6.45, 7) is 2.56. The molecule has 2 rings (SSSR count). The van der Waals surface area contributed by atoms with E-state index in [1.54, 1.807) is 6.07 Å². The maximum atomic E-state index is 11.9. The van der Waals surface area contributed by atoms with Crippen LogP contribution in [0.15, 0.2) is 23.4 Å². The summed E-state index contributed by atoms with van der Waals surface area (Å²) in [5.74, 6) is 0.441. The van der Waals surface area contributed by atoms with Gasteiger partial charge in [-0.05, 0) is 12.5 Å². The fraction of sp³-hybridized carbons (Fsp3) is 0.364.